The van der Waals surface area contributed by atoms with E-state index in [4.69, 9.17) is 5.73 Å². The summed E-state index contributed by atoms with van der Waals surface area (Å²) in [6.07, 6.45) is 3.50. The normalized spacial score (nSPS) is 23.8. The molecule has 1 fully saturated rings. The lowest BCUT2D eigenvalue weighted by molar-refractivity contribution is 0.553. The van der Waals surface area contributed by atoms with E-state index in [1.807, 2.05) is 0 Å². The number of hydrogen-bond acceptors (Lipinski definition) is 5. The standard InChI is InChI=1S/C13H21N5/c1-9-3-2-4-10-11(9)12(17-13(14)16-10)18-7-5-15-6-8-18/h9,15H,2-8H2,1H3,(H2,14,16,17). The second-order valence-corrected chi connectivity index (χ2v) is 5.30. The van der Waals surface area contributed by atoms with Crippen molar-refractivity contribution in [3.63, 3.8) is 0 Å². The summed E-state index contributed by atoms with van der Waals surface area (Å²) >= 11 is 0. The highest BCUT2D eigenvalue weighted by Gasteiger charge is 2.26. The van der Waals surface area contributed by atoms with E-state index in [1.165, 1.54) is 24.1 Å². The first-order chi connectivity index (χ1) is 8.75. The molecule has 0 amide bonds. The number of rotatable bonds is 1. The lowest BCUT2D eigenvalue weighted by Crippen LogP contribution is -2.44. The number of aryl methyl sites for hydroxylation is 1. The van der Waals surface area contributed by atoms with Crippen LogP contribution in [0.5, 0.6) is 0 Å². The number of nitrogens with one attached hydrogen (secondary N) is 1. The molecule has 0 radical (unpaired) electrons. The third-order valence-electron chi connectivity index (χ3n) is 3.98. The predicted octanol–water partition coefficient (Wildman–Crippen LogP) is 0.908. The van der Waals surface area contributed by atoms with Gasteiger partial charge in [0.25, 0.3) is 0 Å². The third-order valence-corrected chi connectivity index (χ3v) is 3.98. The molecule has 1 aromatic heterocycles. The Morgan fingerprint density at radius 3 is 2.83 bits per heavy atom. The molecule has 1 unspecified atom stereocenters. The molecule has 3 N–H and O–H groups in total. The molecule has 5 nitrogen and oxygen atoms in total. The zero-order chi connectivity index (χ0) is 12.5. The first-order valence-electron chi connectivity index (χ1n) is 6.87. The molecule has 2 heterocycles. The van der Waals surface area contributed by atoms with Crippen molar-refractivity contribution in [3.05, 3.63) is 11.3 Å². The highest BCUT2D eigenvalue weighted by atomic mass is 15.2. The summed E-state index contributed by atoms with van der Waals surface area (Å²) in [7, 11) is 0. The lowest BCUT2D eigenvalue weighted by atomic mass is 9.87. The molecule has 0 aromatic carbocycles. The summed E-state index contributed by atoms with van der Waals surface area (Å²) in [5.74, 6) is 2.07. The molecule has 0 bridgehead atoms. The number of fused-ring (bicyclic) bond motifs is 1. The fraction of sp³-hybridized carbons (Fsp3) is 0.692. The number of anilines is 2. The maximum atomic E-state index is 5.87. The van der Waals surface area contributed by atoms with Crippen molar-refractivity contribution in [2.75, 3.05) is 36.8 Å². The second-order valence-electron chi connectivity index (χ2n) is 5.30. The summed E-state index contributed by atoms with van der Waals surface area (Å²) < 4.78 is 0. The van der Waals surface area contributed by atoms with E-state index >= 15 is 0 Å². The fourth-order valence-corrected chi connectivity index (χ4v) is 3.05. The van der Waals surface area contributed by atoms with Crippen molar-refractivity contribution < 1.29 is 0 Å². The van der Waals surface area contributed by atoms with Gasteiger partial charge in [0.15, 0.2) is 0 Å². The second kappa shape index (κ2) is 4.72. The van der Waals surface area contributed by atoms with Crippen LogP contribution in [0.3, 0.4) is 0 Å². The molecule has 5 heteroatoms. The molecule has 1 aliphatic heterocycles. The van der Waals surface area contributed by atoms with Crippen LogP contribution < -0.4 is 16.0 Å². The van der Waals surface area contributed by atoms with Crippen LogP contribution in [0, 0.1) is 0 Å². The Kier molecular flexibility index (Phi) is 3.07. The van der Waals surface area contributed by atoms with Gasteiger partial charge in [-0.05, 0) is 25.2 Å². The van der Waals surface area contributed by atoms with Crippen LogP contribution in [0.2, 0.25) is 0 Å². The van der Waals surface area contributed by atoms with Crippen molar-refractivity contribution in [2.45, 2.75) is 32.1 Å². The molecule has 98 valence electrons. The van der Waals surface area contributed by atoms with Gasteiger partial charge in [-0.2, -0.15) is 4.98 Å². The number of nitrogen functional groups attached to an aromatic ring is 1. The van der Waals surface area contributed by atoms with Gasteiger partial charge < -0.3 is 16.0 Å². The largest absolute Gasteiger partial charge is 0.368 e. The van der Waals surface area contributed by atoms with Gasteiger partial charge in [0.2, 0.25) is 5.95 Å². The predicted molar refractivity (Wildman–Crippen MR) is 72.9 cm³/mol. The monoisotopic (exact) mass is 247 g/mol. The van der Waals surface area contributed by atoms with Crippen molar-refractivity contribution in [3.8, 4) is 0 Å². The maximum Gasteiger partial charge on any atom is 0.222 e. The van der Waals surface area contributed by atoms with Crippen LogP contribution in [-0.4, -0.2) is 36.1 Å². The molecular formula is C13H21N5. The number of hydrogen-bond donors (Lipinski definition) is 2. The van der Waals surface area contributed by atoms with Gasteiger partial charge in [-0.15, -0.1) is 0 Å². The minimum atomic E-state index is 0.427. The van der Waals surface area contributed by atoms with Gasteiger partial charge in [0.05, 0.1) is 5.69 Å². The topological polar surface area (TPSA) is 67.1 Å². The molecule has 1 aliphatic carbocycles. The fourth-order valence-electron chi connectivity index (χ4n) is 3.05. The van der Waals surface area contributed by atoms with E-state index < -0.39 is 0 Å². The zero-order valence-electron chi connectivity index (χ0n) is 10.9. The minimum Gasteiger partial charge on any atom is -0.368 e. The van der Waals surface area contributed by atoms with Gasteiger partial charge in [-0.25, -0.2) is 4.98 Å². The highest BCUT2D eigenvalue weighted by Crippen LogP contribution is 2.36. The smallest absolute Gasteiger partial charge is 0.222 e. The summed E-state index contributed by atoms with van der Waals surface area (Å²) in [5, 5.41) is 3.37. The van der Waals surface area contributed by atoms with E-state index in [-0.39, 0.29) is 0 Å². The van der Waals surface area contributed by atoms with Crippen LogP contribution >= 0.6 is 0 Å². The maximum absolute atomic E-state index is 5.87. The van der Waals surface area contributed by atoms with Gasteiger partial charge in [0.1, 0.15) is 5.82 Å². The summed E-state index contributed by atoms with van der Waals surface area (Å²) in [6.45, 7) is 6.34. The summed E-state index contributed by atoms with van der Waals surface area (Å²) in [6, 6.07) is 0. The Hall–Kier alpha value is -1.36. The van der Waals surface area contributed by atoms with Gasteiger partial charge in [0, 0.05) is 31.7 Å². The van der Waals surface area contributed by atoms with Crippen LogP contribution in [0.25, 0.3) is 0 Å². The number of nitrogens with zero attached hydrogens (tertiary/aromatic N) is 3. The number of nitrogens with two attached hydrogens (primary N) is 1. The minimum absolute atomic E-state index is 0.427. The van der Waals surface area contributed by atoms with Crippen molar-refractivity contribution >= 4 is 11.8 Å². The van der Waals surface area contributed by atoms with Gasteiger partial charge in [-0.1, -0.05) is 6.92 Å². The van der Waals surface area contributed by atoms with Crippen LogP contribution in [0.15, 0.2) is 0 Å². The molecule has 3 rings (SSSR count). The number of piperazine rings is 1. The molecule has 0 spiro atoms. The van der Waals surface area contributed by atoms with Gasteiger partial charge >= 0.3 is 0 Å². The summed E-state index contributed by atoms with van der Waals surface area (Å²) in [5.41, 5.74) is 8.39. The molecule has 18 heavy (non-hydrogen) atoms. The van der Waals surface area contributed by atoms with Crippen LogP contribution in [0.4, 0.5) is 11.8 Å². The Bertz CT molecular complexity index is 439. The third kappa shape index (κ3) is 2.03. The SMILES string of the molecule is CC1CCCc2nc(N)nc(N3CCNCC3)c21. The molecule has 2 aliphatic rings. The van der Waals surface area contributed by atoms with E-state index in [1.54, 1.807) is 0 Å². The molecule has 1 aromatic rings. The van der Waals surface area contributed by atoms with Crippen LogP contribution in [-0.2, 0) is 6.42 Å². The molecule has 1 atom stereocenters. The van der Waals surface area contributed by atoms with Gasteiger partial charge in [-0.3, -0.25) is 0 Å². The molecule has 1 saturated heterocycles. The first-order valence-corrected chi connectivity index (χ1v) is 6.87. The Balaban J connectivity index is 2.03. The lowest BCUT2D eigenvalue weighted by Gasteiger charge is -2.33. The van der Waals surface area contributed by atoms with E-state index in [0.717, 1.165) is 38.4 Å². The highest BCUT2D eigenvalue weighted by molar-refractivity contribution is 5.54. The average molecular weight is 247 g/mol. The Labute approximate surface area is 108 Å². The van der Waals surface area contributed by atoms with E-state index in [2.05, 4.69) is 27.1 Å². The van der Waals surface area contributed by atoms with Crippen molar-refractivity contribution in [1.29, 1.82) is 0 Å². The average Bonchev–Trinajstić information content (AvgIpc) is 2.39. The quantitative estimate of drug-likeness (QED) is 0.772. The first kappa shape index (κ1) is 11.7. The van der Waals surface area contributed by atoms with E-state index in [0.29, 0.717) is 11.9 Å². The zero-order valence-corrected chi connectivity index (χ0v) is 10.9. The van der Waals surface area contributed by atoms with Crippen molar-refractivity contribution in [1.82, 2.24) is 15.3 Å². The summed E-state index contributed by atoms with van der Waals surface area (Å²) in [4.78, 5) is 11.3. The van der Waals surface area contributed by atoms with Crippen molar-refractivity contribution in [2.24, 2.45) is 0 Å². The van der Waals surface area contributed by atoms with Crippen LogP contribution in [0.1, 0.15) is 36.9 Å². The molecule has 0 saturated carbocycles. The number of aromatic nitrogens is 2. The Morgan fingerprint density at radius 1 is 1.28 bits per heavy atom. The molecular weight excluding hydrogens is 226 g/mol. The Morgan fingerprint density at radius 2 is 2.06 bits per heavy atom. The van der Waals surface area contributed by atoms with E-state index in [9.17, 15) is 0 Å².